The fourth-order valence-corrected chi connectivity index (χ4v) is 2.81. The summed E-state index contributed by atoms with van der Waals surface area (Å²) in [4.78, 5) is 1.42. The number of hydrogen-bond acceptors (Lipinski definition) is 2. The van der Waals surface area contributed by atoms with Gasteiger partial charge in [-0.1, -0.05) is 25.1 Å². The van der Waals surface area contributed by atoms with Crippen molar-refractivity contribution in [2.75, 3.05) is 6.26 Å². The third-order valence-electron chi connectivity index (χ3n) is 3.33. The third kappa shape index (κ3) is 3.02. The van der Waals surface area contributed by atoms with E-state index in [2.05, 4.69) is 49.7 Å². The monoisotopic (exact) mass is 235 g/mol. The van der Waals surface area contributed by atoms with Crippen LogP contribution < -0.4 is 5.32 Å². The molecule has 0 amide bonds. The van der Waals surface area contributed by atoms with Crippen LogP contribution in [0.3, 0.4) is 0 Å². The second-order valence-electron chi connectivity index (χ2n) is 4.90. The van der Waals surface area contributed by atoms with Gasteiger partial charge in [-0.15, -0.1) is 11.8 Å². The third-order valence-corrected chi connectivity index (χ3v) is 4.16. The first-order valence-electron chi connectivity index (χ1n) is 6.08. The first kappa shape index (κ1) is 12.0. The van der Waals surface area contributed by atoms with Crippen LogP contribution in [0.15, 0.2) is 29.2 Å². The second kappa shape index (κ2) is 5.24. The molecule has 0 spiro atoms. The summed E-state index contributed by atoms with van der Waals surface area (Å²) >= 11 is 1.84. The van der Waals surface area contributed by atoms with E-state index in [0.29, 0.717) is 6.04 Å². The van der Waals surface area contributed by atoms with Crippen molar-refractivity contribution in [1.29, 1.82) is 0 Å². The van der Waals surface area contributed by atoms with E-state index in [-0.39, 0.29) is 0 Å². The van der Waals surface area contributed by atoms with Gasteiger partial charge >= 0.3 is 0 Å². The van der Waals surface area contributed by atoms with Crippen LogP contribution in [0.5, 0.6) is 0 Å². The van der Waals surface area contributed by atoms with Crippen LogP contribution in [-0.2, 0) is 6.42 Å². The highest BCUT2D eigenvalue weighted by molar-refractivity contribution is 7.98. The van der Waals surface area contributed by atoms with Crippen molar-refractivity contribution in [3.05, 3.63) is 29.8 Å². The van der Waals surface area contributed by atoms with Crippen molar-refractivity contribution in [1.82, 2.24) is 5.32 Å². The molecule has 0 saturated heterocycles. The van der Waals surface area contributed by atoms with Crippen molar-refractivity contribution >= 4 is 11.8 Å². The van der Waals surface area contributed by atoms with Gasteiger partial charge in [-0.25, -0.2) is 0 Å². The maximum absolute atomic E-state index is 3.69. The summed E-state index contributed by atoms with van der Waals surface area (Å²) in [6.45, 7) is 4.61. The zero-order chi connectivity index (χ0) is 11.5. The van der Waals surface area contributed by atoms with E-state index in [1.807, 2.05) is 11.8 Å². The van der Waals surface area contributed by atoms with Gasteiger partial charge in [0.15, 0.2) is 0 Å². The van der Waals surface area contributed by atoms with E-state index in [0.717, 1.165) is 18.4 Å². The zero-order valence-corrected chi connectivity index (χ0v) is 11.2. The number of rotatable bonds is 5. The molecule has 2 rings (SSSR count). The normalized spacial score (nSPS) is 25.4. The predicted molar refractivity (Wildman–Crippen MR) is 72.1 cm³/mol. The predicted octanol–water partition coefficient (Wildman–Crippen LogP) is 3.34. The van der Waals surface area contributed by atoms with E-state index in [9.17, 15) is 0 Å². The van der Waals surface area contributed by atoms with Crippen molar-refractivity contribution in [3.63, 3.8) is 0 Å². The van der Waals surface area contributed by atoms with Gasteiger partial charge in [0.25, 0.3) is 0 Å². The van der Waals surface area contributed by atoms with Crippen LogP contribution >= 0.6 is 11.8 Å². The fourth-order valence-electron chi connectivity index (χ4n) is 2.18. The van der Waals surface area contributed by atoms with E-state index in [4.69, 9.17) is 0 Å². The van der Waals surface area contributed by atoms with Crippen molar-refractivity contribution in [2.24, 2.45) is 5.92 Å². The molecular formula is C14H21NS. The standard InChI is InChI=1S/C14H21NS/c1-10-8-13(10)15-11(2)9-12-6-4-5-7-14(12)16-3/h4-7,10-11,13,15H,8-9H2,1-3H3. The molecule has 3 atom stereocenters. The fraction of sp³-hybridized carbons (Fsp3) is 0.571. The van der Waals surface area contributed by atoms with Crippen LogP contribution in [0.4, 0.5) is 0 Å². The second-order valence-corrected chi connectivity index (χ2v) is 5.75. The molecular weight excluding hydrogens is 214 g/mol. The molecule has 0 heterocycles. The molecule has 1 fully saturated rings. The summed E-state index contributed by atoms with van der Waals surface area (Å²) in [5.41, 5.74) is 1.48. The Morgan fingerprint density at radius 1 is 1.44 bits per heavy atom. The number of benzene rings is 1. The molecule has 88 valence electrons. The minimum Gasteiger partial charge on any atom is -0.311 e. The van der Waals surface area contributed by atoms with Gasteiger partial charge < -0.3 is 5.32 Å². The lowest BCUT2D eigenvalue weighted by atomic mass is 10.1. The summed E-state index contributed by atoms with van der Waals surface area (Å²) < 4.78 is 0. The van der Waals surface area contributed by atoms with Gasteiger partial charge in [0, 0.05) is 17.0 Å². The first-order valence-corrected chi connectivity index (χ1v) is 7.31. The highest BCUT2D eigenvalue weighted by Gasteiger charge is 2.33. The maximum Gasteiger partial charge on any atom is 0.0102 e. The van der Waals surface area contributed by atoms with E-state index in [1.165, 1.54) is 16.9 Å². The van der Waals surface area contributed by atoms with Crippen LogP contribution in [0, 0.1) is 5.92 Å². The molecule has 0 aliphatic heterocycles. The van der Waals surface area contributed by atoms with Crippen LogP contribution in [0.25, 0.3) is 0 Å². The molecule has 1 aliphatic rings. The van der Waals surface area contributed by atoms with Crippen molar-refractivity contribution in [2.45, 2.75) is 43.7 Å². The Hall–Kier alpha value is -0.470. The first-order chi connectivity index (χ1) is 7.70. The highest BCUT2D eigenvalue weighted by atomic mass is 32.2. The average Bonchev–Trinajstić information content (AvgIpc) is 2.94. The van der Waals surface area contributed by atoms with Gasteiger partial charge in [-0.2, -0.15) is 0 Å². The van der Waals surface area contributed by atoms with Gasteiger partial charge in [0.2, 0.25) is 0 Å². The molecule has 2 heteroatoms. The lowest BCUT2D eigenvalue weighted by Crippen LogP contribution is -2.31. The molecule has 1 aliphatic carbocycles. The minimum absolute atomic E-state index is 0.586. The quantitative estimate of drug-likeness (QED) is 0.786. The number of thioether (sulfide) groups is 1. The molecule has 1 aromatic rings. The summed E-state index contributed by atoms with van der Waals surface area (Å²) in [6.07, 6.45) is 4.65. The molecule has 0 radical (unpaired) electrons. The largest absolute Gasteiger partial charge is 0.311 e. The Labute approximate surface area is 103 Å². The SMILES string of the molecule is CSc1ccccc1CC(C)NC1CC1C. The summed E-state index contributed by atoms with van der Waals surface area (Å²) in [6, 6.07) is 10.1. The van der Waals surface area contributed by atoms with E-state index >= 15 is 0 Å². The maximum atomic E-state index is 3.69. The smallest absolute Gasteiger partial charge is 0.0102 e. The van der Waals surface area contributed by atoms with E-state index < -0.39 is 0 Å². The Balaban J connectivity index is 1.92. The lowest BCUT2D eigenvalue weighted by molar-refractivity contribution is 0.524. The molecule has 0 aromatic heterocycles. The van der Waals surface area contributed by atoms with Crippen LogP contribution in [-0.4, -0.2) is 18.3 Å². The molecule has 16 heavy (non-hydrogen) atoms. The van der Waals surface area contributed by atoms with Crippen molar-refractivity contribution < 1.29 is 0 Å². The molecule has 1 saturated carbocycles. The lowest BCUT2D eigenvalue weighted by Gasteiger charge is -2.15. The molecule has 1 N–H and O–H groups in total. The molecule has 3 unspecified atom stereocenters. The Morgan fingerprint density at radius 3 is 2.75 bits per heavy atom. The summed E-state index contributed by atoms with van der Waals surface area (Å²) in [7, 11) is 0. The van der Waals surface area contributed by atoms with E-state index in [1.54, 1.807) is 0 Å². The Bertz CT molecular complexity index is 350. The van der Waals surface area contributed by atoms with Crippen molar-refractivity contribution in [3.8, 4) is 0 Å². The number of hydrogen-bond donors (Lipinski definition) is 1. The molecule has 1 nitrogen and oxygen atoms in total. The minimum atomic E-state index is 0.586. The van der Waals surface area contributed by atoms with Gasteiger partial charge in [0.1, 0.15) is 0 Å². The molecule has 0 bridgehead atoms. The van der Waals surface area contributed by atoms with Gasteiger partial charge in [0.05, 0.1) is 0 Å². The summed E-state index contributed by atoms with van der Waals surface area (Å²) in [5, 5.41) is 3.69. The zero-order valence-electron chi connectivity index (χ0n) is 10.4. The Morgan fingerprint density at radius 2 is 2.12 bits per heavy atom. The van der Waals surface area contributed by atoms with Gasteiger partial charge in [-0.05, 0) is 43.6 Å². The van der Waals surface area contributed by atoms with Crippen LogP contribution in [0.2, 0.25) is 0 Å². The van der Waals surface area contributed by atoms with Gasteiger partial charge in [-0.3, -0.25) is 0 Å². The topological polar surface area (TPSA) is 12.0 Å². The number of nitrogens with one attached hydrogen (secondary N) is 1. The van der Waals surface area contributed by atoms with Crippen LogP contribution in [0.1, 0.15) is 25.8 Å². The Kier molecular flexibility index (Phi) is 3.93. The average molecular weight is 235 g/mol. The highest BCUT2D eigenvalue weighted by Crippen LogP contribution is 2.30. The summed E-state index contributed by atoms with van der Waals surface area (Å²) in [5.74, 6) is 0.887. The molecule has 1 aromatic carbocycles.